The number of primary amides is 1. The van der Waals surface area contributed by atoms with Crippen molar-refractivity contribution < 1.29 is 19.8 Å². The molecule has 0 spiro atoms. The molecule has 0 aliphatic heterocycles. The van der Waals surface area contributed by atoms with Gasteiger partial charge in [0.2, 0.25) is 11.8 Å². The Kier molecular flexibility index (Phi) is 22.2. The van der Waals surface area contributed by atoms with Crippen molar-refractivity contribution in [3.8, 4) is 0 Å². The van der Waals surface area contributed by atoms with E-state index in [1.165, 1.54) is 0 Å². The van der Waals surface area contributed by atoms with Crippen LogP contribution >= 0.6 is 0 Å². The van der Waals surface area contributed by atoms with Crippen molar-refractivity contribution in [2.24, 2.45) is 5.73 Å². The summed E-state index contributed by atoms with van der Waals surface area (Å²) in [6, 6.07) is 0. The van der Waals surface area contributed by atoms with Gasteiger partial charge in [-0.2, -0.15) is 0 Å². The molecule has 6 heteroatoms. The summed E-state index contributed by atoms with van der Waals surface area (Å²) in [7, 11) is 0. The second kappa shape index (κ2) is 17.9. The SMILES string of the molecule is C=CC(=O)NCO.C=CC(N)=O.C=CO. The van der Waals surface area contributed by atoms with E-state index in [-0.39, 0.29) is 12.6 Å². The molecule has 0 aromatic rings. The quantitative estimate of drug-likeness (QED) is 0.291. The summed E-state index contributed by atoms with van der Waals surface area (Å²) in [6.45, 7) is 8.83. The Bertz CT molecular complexity index is 214. The number of amides is 2. The highest BCUT2D eigenvalue weighted by Gasteiger charge is 1.84. The fourth-order valence-electron chi connectivity index (χ4n) is 0.150. The zero-order valence-electron chi connectivity index (χ0n) is 8.35. The normalized spacial score (nSPS) is 6.47. The molecule has 0 aliphatic carbocycles. The van der Waals surface area contributed by atoms with Crippen molar-refractivity contribution in [1.82, 2.24) is 5.32 Å². The minimum absolute atomic E-state index is 0.329. The predicted molar refractivity (Wildman–Crippen MR) is 57.6 cm³/mol. The van der Waals surface area contributed by atoms with Crippen molar-refractivity contribution >= 4 is 11.8 Å². The lowest BCUT2D eigenvalue weighted by Crippen LogP contribution is -2.20. The lowest BCUT2D eigenvalue weighted by Gasteiger charge is -1.89. The largest absolute Gasteiger partial charge is 0.516 e. The molecule has 86 valence electrons. The first-order chi connectivity index (χ1) is 6.99. The molecular weight excluding hydrogens is 200 g/mol. The molecule has 0 saturated heterocycles. The van der Waals surface area contributed by atoms with Gasteiger partial charge in [-0.25, -0.2) is 0 Å². The maximum Gasteiger partial charge on any atom is 0.245 e. The molecule has 2 amide bonds. The molecule has 0 saturated carbocycles. The number of rotatable bonds is 3. The summed E-state index contributed by atoms with van der Waals surface area (Å²) in [6.07, 6.45) is 2.90. The molecule has 0 atom stereocenters. The van der Waals surface area contributed by atoms with Crippen LogP contribution in [0, 0.1) is 0 Å². The highest BCUT2D eigenvalue weighted by Crippen LogP contribution is 1.59. The second-order valence-electron chi connectivity index (χ2n) is 1.69. The van der Waals surface area contributed by atoms with Gasteiger partial charge in [0.05, 0.1) is 6.26 Å². The van der Waals surface area contributed by atoms with E-state index < -0.39 is 5.91 Å². The number of hydrogen-bond acceptors (Lipinski definition) is 4. The Balaban J connectivity index is -0.000000158. The number of aliphatic hydroxyl groups excluding tert-OH is 2. The standard InChI is InChI=1S/C4H7NO2.C3H5NO.C2H4O/c1-2-4(7)5-3-6;1-2-3(4)5;1-2-3/h2,6H,1,3H2,(H,5,7);2H,1H2,(H2,4,5);2-3H,1H2. The van der Waals surface area contributed by atoms with Crippen LogP contribution < -0.4 is 11.1 Å². The average molecular weight is 216 g/mol. The van der Waals surface area contributed by atoms with Crippen LogP contribution in [0.2, 0.25) is 0 Å². The third-order valence-electron chi connectivity index (χ3n) is 0.640. The molecule has 5 N–H and O–H groups in total. The summed E-state index contributed by atoms with van der Waals surface area (Å²) >= 11 is 0. The lowest BCUT2D eigenvalue weighted by atomic mass is 10.6. The Morgan fingerprint density at radius 3 is 1.67 bits per heavy atom. The first-order valence-corrected chi connectivity index (χ1v) is 3.68. The lowest BCUT2D eigenvalue weighted by molar-refractivity contribution is -0.117. The molecule has 0 heterocycles. The van der Waals surface area contributed by atoms with Crippen LogP contribution in [-0.4, -0.2) is 28.8 Å². The van der Waals surface area contributed by atoms with Crippen molar-refractivity contribution in [3.05, 3.63) is 38.2 Å². The summed E-state index contributed by atoms with van der Waals surface area (Å²) in [5.74, 6) is -0.840. The monoisotopic (exact) mass is 216 g/mol. The highest BCUT2D eigenvalue weighted by atomic mass is 16.3. The van der Waals surface area contributed by atoms with E-state index in [4.69, 9.17) is 10.2 Å². The number of carbonyl (C=O) groups is 2. The van der Waals surface area contributed by atoms with Gasteiger partial charge in [0, 0.05) is 0 Å². The number of aliphatic hydroxyl groups is 2. The zero-order chi connectivity index (χ0) is 12.7. The van der Waals surface area contributed by atoms with Crippen LogP contribution in [0.5, 0.6) is 0 Å². The number of hydrogen-bond donors (Lipinski definition) is 4. The molecule has 0 radical (unpaired) electrons. The van der Waals surface area contributed by atoms with Gasteiger partial charge in [-0.1, -0.05) is 19.7 Å². The van der Waals surface area contributed by atoms with Gasteiger partial charge >= 0.3 is 0 Å². The van der Waals surface area contributed by atoms with Crippen LogP contribution in [0.3, 0.4) is 0 Å². The first-order valence-electron chi connectivity index (χ1n) is 3.68. The van der Waals surface area contributed by atoms with Gasteiger partial charge in [-0.05, 0) is 12.2 Å². The van der Waals surface area contributed by atoms with Crippen LogP contribution in [0.25, 0.3) is 0 Å². The molecule has 0 aromatic carbocycles. The van der Waals surface area contributed by atoms with Crippen molar-refractivity contribution in [2.45, 2.75) is 0 Å². The Labute approximate surface area is 88.4 Å². The van der Waals surface area contributed by atoms with Gasteiger partial charge in [0.15, 0.2) is 0 Å². The minimum atomic E-state index is -0.481. The third kappa shape index (κ3) is 48.5. The molecular formula is C9H16N2O4. The van der Waals surface area contributed by atoms with Gasteiger partial charge in [-0.15, -0.1) is 0 Å². The second-order valence-corrected chi connectivity index (χ2v) is 1.69. The Hall–Kier alpha value is -2.08. The van der Waals surface area contributed by atoms with Gasteiger partial charge in [0.25, 0.3) is 0 Å². The van der Waals surface area contributed by atoms with E-state index in [2.05, 4.69) is 30.8 Å². The van der Waals surface area contributed by atoms with E-state index in [0.29, 0.717) is 0 Å². The summed E-state index contributed by atoms with van der Waals surface area (Å²) in [5.41, 5.74) is 4.53. The van der Waals surface area contributed by atoms with Crippen LogP contribution in [-0.2, 0) is 9.59 Å². The molecule has 0 rings (SSSR count). The van der Waals surface area contributed by atoms with Gasteiger partial charge in [0.1, 0.15) is 6.73 Å². The van der Waals surface area contributed by atoms with E-state index in [9.17, 15) is 9.59 Å². The minimum Gasteiger partial charge on any atom is -0.516 e. The smallest absolute Gasteiger partial charge is 0.245 e. The number of carbonyl (C=O) groups excluding carboxylic acids is 2. The Morgan fingerprint density at radius 1 is 1.27 bits per heavy atom. The molecule has 0 aromatic heterocycles. The molecule has 6 nitrogen and oxygen atoms in total. The topological polar surface area (TPSA) is 113 Å². The fraction of sp³-hybridized carbons (Fsp3) is 0.111. The van der Waals surface area contributed by atoms with Crippen LogP contribution in [0.15, 0.2) is 38.2 Å². The molecule has 0 bridgehead atoms. The van der Waals surface area contributed by atoms with E-state index in [1.54, 1.807) is 0 Å². The maximum absolute atomic E-state index is 10.0. The number of nitrogens with one attached hydrogen (secondary N) is 1. The maximum atomic E-state index is 10.0. The third-order valence-corrected chi connectivity index (χ3v) is 0.640. The van der Waals surface area contributed by atoms with Crippen molar-refractivity contribution in [3.63, 3.8) is 0 Å². The summed E-state index contributed by atoms with van der Waals surface area (Å²) in [5, 5.41) is 17.4. The van der Waals surface area contributed by atoms with E-state index in [0.717, 1.165) is 18.4 Å². The highest BCUT2D eigenvalue weighted by molar-refractivity contribution is 5.86. The van der Waals surface area contributed by atoms with E-state index >= 15 is 0 Å². The Morgan fingerprint density at radius 2 is 1.60 bits per heavy atom. The first kappa shape index (κ1) is 18.7. The van der Waals surface area contributed by atoms with Gasteiger partial charge < -0.3 is 21.3 Å². The average Bonchev–Trinajstić information content (AvgIpc) is 2.20. The molecule has 0 aliphatic rings. The summed E-state index contributed by atoms with van der Waals surface area (Å²) < 4.78 is 0. The van der Waals surface area contributed by atoms with Crippen LogP contribution in [0.4, 0.5) is 0 Å². The molecule has 15 heavy (non-hydrogen) atoms. The van der Waals surface area contributed by atoms with Crippen LogP contribution in [0.1, 0.15) is 0 Å². The molecule has 0 fully saturated rings. The zero-order valence-corrected chi connectivity index (χ0v) is 8.35. The fourth-order valence-corrected chi connectivity index (χ4v) is 0.150. The van der Waals surface area contributed by atoms with E-state index in [1.807, 2.05) is 0 Å². The van der Waals surface area contributed by atoms with Crippen molar-refractivity contribution in [1.29, 1.82) is 0 Å². The summed E-state index contributed by atoms with van der Waals surface area (Å²) in [4.78, 5) is 19.5. The van der Waals surface area contributed by atoms with Crippen molar-refractivity contribution in [2.75, 3.05) is 6.73 Å². The molecule has 0 unspecified atom stereocenters. The number of nitrogens with two attached hydrogens (primary N) is 1. The predicted octanol–water partition coefficient (Wildman–Crippen LogP) is -0.416. The van der Waals surface area contributed by atoms with Gasteiger partial charge in [-0.3, -0.25) is 9.59 Å².